The van der Waals surface area contributed by atoms with Crippen LogP contribution >= 0.6 is 0 Å². The van der Waals surface area contributed by atoms with E-state index in [1.165, 1.54) is 0 Å². The van der Waals surface area contributed by atoms with E-state index in [0.717, 1.165) is 0 Å². The van der Waals surface area contributed by atoms with Gasteiger partial charge in [0.05, 0.1) is 0 Å². The zero-order chi connectivity index (χ0) is 13.1. The molecule has 2 heterocycles. The van der Waals surface area contributed by atoms with Crippen molar-refractivity contribution in [3.63, 3.8) is 0 Å². The summed E-state index contributed by atoms with van der Waals surface area (Å²) < 4.78 is 3.24. The van der Waals surface area contributed by atoms with Crippen LogP contribution < -0.4 is 0 Å². The molecule has 1 N–H and O–H groups in total. The smallest absolute Gasteiger partial charge is 0.303 e. The number of nitrogens with zero attached hydrogens (tertiary/aromatic N) is 6. The summed E-state index contributed by atoms with van der Waals surface area (Å²) in [5.74, 6) is -0.323. The molecule has 0 amide bonds. The van der Waals surface area contributed by atoms with Gasteiger partial charge >= 0.3 is 5.97 Å². The Balaban J connectivity index is 2.15. The maximum Gasteiger partial charge on any atom is 0.303 e. The monoisotopic (exact) mass is 250 g/mol. The standard InChI is InChI=1S/C10H14N6O2/c1-7(5-9(17)18)6-16-10(11-13-14-16)8-3-4-15(2)12-8/h3-4,7H,5-6H2,1-2H3,(H,17,18). The summed E-state index contributed by atoms with van der Waals surface area (Å²) in [6.45, 7) is 2.29. The zero-order valence-electron chi connectivity index (χ0n) is 10.2. The lowest BCUT2D eigenvalue weighted by Crippen LogP contribution is -2.14. The van der Waals surface area contributed by atoms with E-state index in [0.29, 0.717) is 18.1 Å². The first-order valence-electron chi connectivity index (χ1n) is 5.54. The Morgan fingerprint density at radius 3 is 2.94 bits per heavy atom. The molecule has 0 aromatic carbocycles. The summed E-state index contributed by atoms with van der Waals surface area (Å²) in [5, 5.41) is 24.3. The minimum Gasteiger partial charge on any atom is -0.481 e. The first-order valence-corrected chi connectivity index (χ1v) is 5.54. The van der Waals surface area contributed by atoms with Crippen LogP contribution in [0.3, 0.4) is 0 Å². The van der Waals surface area contributed by atoms with Crippen molar-refractivity contribution in [3.05, 3.63) is 12.3 Å². The Morgan fingerprint density at radius 2 is 2.33 bits per heavy atom. The van der Waals surface area contributed by atoms with Crippen molar-refractivity contribution < 1.29 is 9.90 Å². The van der Waals surface area contributed by atoms with Gasteiger partial charge in [0, 0.05) is 26.2 Å². The van der Waals surface area contributed by atoms with E-state index in [-0.39, 0.29) is 12.3 Å². The van der Waals surface area contributed by atoms with E-state index in [4.69, 9.17) is 5.11 Å². The number of aryl methyl sites for hydroxylation is 1. The fourth-order valence-electron chi connectivity index (χ4n) is 1.70. The van der Waals surface area contributed by atoms with Crippen LogP contribution in [0.5, 0.6) is 0 Å². The highest BCUT2D eigenvalue weighted by molar-refractivity contribution is 5.66. The van der Waals surface area contributed by atoms with Gasteiger partial charge in [-0.1, -0.05) is 6.92 Å². The quantitative estimate of drug-likeness (QED) is 0.813. The highest BCUT2D eigenvalue weighted by Crippen LogP contribution is 2.14. The van der Waals surface area contributed by atoms with Crippen LogP contribution in [0.25, 0.3) is 11.5 Å². The molecule has 18 heavy (non-hydrogen) atoms. The minimum atomic E-state index is -0.824. The summed E-state index contributed by atoms with van der Waals surface area (Å²) in [5.41, 5.74) is 0.671. The lowest BCUT2D eigenvalue weighted by Gasteiger charge is -2.08. The molecule has 1 unspecified atom stereocenters. The summed E-state index contributed by atoms with van der Waals surface area (Å²) in [6.07, 6.45) is 1.89. The molecule has 2 aromatic heterocycles. The largest absolute Gasteiger partial charge is 0.481 e. The number of carboxylic acids is 1. The van der Waals surface area contributed by atoms with Crippen molar-refractivity contribution in [2.45, 2.75) is 19.9 Å². The van der Waals surface area contributed by atoms with E-state index in [1.807, 2.05) is 20.0 Å². The molecule has 0 radical (unpaired) electrons. The average Bonchev–Trinajstić information content (AvgIpc) is 2.85. The molecule has 0 aliphatic heterocycles. The number of hydrogen-bond acceptors (Lipinski definition) is 5. The maximum absolute atomic E-state index is 10.6. The molecule has 96 valence electrons. The third-order valence-corrected chi connectivity index (χ3v) is 2.48. The first kappa shape index (κ1) is 12.2. The van der Waals surface area contributed by atoms with E-state index in [2.05, 4.69) is 20.6 Å². The van der Waals surface area contributed by atoms with Crippen LogP contribution in [0, 0.1) is 5.92 Å². The number of aromatic nitrogens is 6. The van der Waals surface area contributed by atoms with Gasteiger partial charge in [0.25, 0.3) is 0 Å². The first-order chi connectivity index (χ1) is 8.56. The molecule has 0 saturated carbocycles. The van der Waals surface area contributed by atoms with Gasteiger partial charge in [0.15, 0.2) is 0 Å². The summed E-state index contributed by atoms with van der Waals surface area (Å²) in [4.78, 5) is 10.6. The molecule has 8 heteroatoms. The van der Waals surface area contributed by atoms with Gasteiger partial charge in [0.1, 0.15) is 5.69 Å². The van der Waals surface area contributed by atoms with E-state index >= 15 is 0 Å². The number of carboxylic acid groups (broad SMARTS) is 1. The minimum absolute atomic E-state index is 0.0477. The summed E-state index contributed by atoms with van der Waals surface area (Å²) in [6, 6.07) is 1.81. The highest BCUT2D eigenvalue weighted by Gasteiger charge is 2.15. The third-order valence-electron chi connectivity index (χ3n) is 2.48. The van der Waals surface area contributed by atoms with Crippen LogP contribution in [0.2, 0.25) is 0 Å². The Labute approximate surface area is 103 Å². The van der Waals surface area contributed by atoms with Crippen molar-refractivity contribution >= 4 is 5.97 Å². The molecule has 0 spiro atoms. The Bertz CT molecular complexity index is 546. The lowest BCUT2D eigenvalue weighted by molar-refractivity contribution is -0.138. The molecule has 0 bridgehead atoms. The van der Waals surface area contributed by atoms with Crippen LogP contribution in [-0.4, -0.2) is 41.1 Å². The fraction of sp³-hybridized carbons (Fsp3) is 0.500. The summed E-state index contributed by atoms with van der Waals surface area (Å²) in [7, 11) is 1.81. The number of hydrogen-bond donors (Lipinski definition) is 1. The third kappa shape index (κ3) is 2.70. The average molecular weight is 250 g/mol. The van der Waals surface area contributed by atoms with Gasteiger partial charge in [-0.2, -0.15) is 5.10 Å². The second-order valence-corrected chi connectivity index (χ2v) is 4.26. The predicted molar refractivity (Wildman–Crippen MR) is 61.4 cm³/mol. The number of rotatable bonds is 5. The highest BCUT2D eigenvalue weighted by atomic mass is 16.4. The fourth-order valence-corrected chi connectivity index (χ4v) is 1.70. The Hall–Kier alpha value is -2.25. The predicted octanol–water partition coefficient (Wildman–Crippen LogP) is 0.184. The van der Waals surface area contributed by atoms with Gasteiger partial charge < -0.3 is 5.11 Å². The van der Waals surface area contributed by atoms with E-state index in [1.54, 1.807) is 15.6 Å². The zero-order valence-corrected chi connectivity index (χ0v) is 10.2. The van der Waals surface area contributed by atoms with Gasteiger partial charge in [-0.15, -0.1) is 5.10 Å². The normalized spacial score (nSPS) is 12.6. The van der Waals surface area contributed by atoms with Gasteiger partial charge in [0.2, 0.25) is 5.82 Å². The SMILES string of the molecule is CC(CC(=O)O)Cn1nnnc1-c1ccn(C)n1. The second kappa shape index (κ2) is 4.94. The Kier molecular flexibility index (Phi) is 3.35. The second-order valence-electron chi connectivity index (χ2n) is 4.26. The van der Waals surface area contributed by atoms with Crippen molar-refractivity contribution in [2.75, 3.05) is 0 Å². The molecular formula is C10H14N6O2. The lowest BCUT2D eigenvalue weighted by atomic mass is 10.1. The van der Waals surface area contributed by atoms with Crippen molar-refractivity contribution in [2.24, 2.45) is 13.0 Å². The summed E-state index contributed by atoms with van der Waals surface area (Å²) >= 11 is 0. The molecule has 1 atom stereocenters. The van der Waals surface area contributed by atoms with Gasteiger partial charge in [-0.05, 0) is 22.4 Å². The molecule has 0 fully saturated rings. The maximum atomic E-state index is 10.6. The molecule has 0 aliphatic rings. The molecular weight excluding hydrogens is 236 g/mol. The van der Waals surface area contributed by atoms with Crippen LogP contribution in [0.4, 0.5) is 0 Å². The van der Waals surface area contributed by atoms with Crippen LogP contribution in [0.15, 0.2) is 12.3 Å². The van der Waals surface area contributed by atoms with Crippen molar-refractivity contribution in [1.29, 1.82) is 0 Å². The number of tetrazole rings is 1. The van der Waals surface area contributed by atoms with E-state index < -0.39 is 5.97 Å². The van der Waals surface area contributed by atoms with Crippen LogP contribution in [0.1, 0.15) is 13.3 Å². The van der Waals surface area contributed by atoms with Crippen molar-refractivity contribution in [3.8, 4) is 11.5 Å². The molecule has 2 rings (SSSR count). The number of aliphatic carboxylic acids is 1. The molecule has 0 saturated heterocycles. The topological polar surface area (TPSA) is 98.7 Å². The molecule has 2 aromatic rings. The van der Waals surface area contributed by atoms with Gasteiger partial charge in [-0.3, -0.25) is 9.48 Å². The van der Waals surface area contributed by atoms with Crippen LogP contribution in [-0.2, 0) is 18.4 Å². The van der Waals surface area contributed by atoms with Gasteiger partial charge in [-0.25, -0.2) is 4.68 Å². The van der Waals surface area contributed by atoms with E-state index in [9.17, 15) is 4.79 Å². The van der Waals surface area contributed by atoms with Crippen molar-refractivity contribution in [1.82, 2.24) is 30.0 Å². The number of carbonyl (C=O) groups is 1. The molecule has 0 aliphatic carbocycles. The Morgan fingerprint density at radius 1 is 1.56 bits per heavy atom. The molecule has 8 nitrogen and oxygen atoms in total.